The molecule has 0 bridgehead atoms. The minimum absolute atomic E-state index is 0.0573. The Kier molecular flexibility index (Phi) is 9.42. The summed E-state index contributed by atoms with van der Waals surface area (Å²) in [6, 6.07) is 13.4. The average molecular weight is 591 g/mol. The zero-order chi connectivity index (χ0) is 30.7. The molecular weight excluding hydrogens is 544 g/mol. The highest BCUT2D eigenvalue weighted by Gasteiger charge is 2.48. The van der Waals surface area contributed by atoms with E-state index >= 15 is 0 Å². The normalized spacial score (nSPS) is 22.9. The maximum absolute atomic E-state index is 14.0. The molecule has 5 rings (SSSR count). The Labute approximate surface area is 255 Å². The second-order valence-corrected chi connectivity index (χ2v) is 12.9. The molecular formula is C34H46N4O5. The molecule has 3 heterocycles. The van der Waals surface area contributed by atoms with Gasteiger partial charge in [-0.25, -0.2) is 0 Å². The van der Waals surface area contributed by atoms with E-state index in [4.69, 9.17) is 10.5 Å². The van der Waals surface area contributed by atoms with Crippen LogP contribution < -0.4 is 15.4 Å². The summed E-state index contributed by atoms with van der Waals surface area (Å²) in [6.07, 6.45) is 3.88. The SMILES string of the molecule is CCCCN(C(=O)CN1C[C@H](c2ccc3c(c2)CCO3)C(C(=O)O)[C@@H]1CCN1CCC(C)(C)C1=O)c1cccc(CN)c1. The fourth-order valence-electron chi connectivity index (χ4n) is 7.00. The van der Waals surface area contributed by atoms with E-state index in [2.05, 4.69) is 17.9 Å². The van der Waals surface area contributed by atoms with Gasteiger partial charge < -0.3 is 25.4 Å². The molecule has 2 aromatic carbocycles. The summed E-state index contributed by atoms with van der Waals surface area (Å²) >= 11 is 0. The van der Waals surface area contributed by atoms with E-state index in [1.165, 1.54) is 0 Å². The third kappa shape index (κ3) is 6.58. The summed E-state index contributed by atoms with van der Waals surface area (Å²) in [7, 11) is 0. The quantitative estimate of drug-likeness (QED) is 0.383. The number of nitrogens with two attached hydrogens (primary N) is 1. The lowest BCUT2D eigenvalue weighted by Gasteiger charge is -2.31. The van der Waals surface area contributed by atoms with Crippen molar-refractivity contribution >= 4 is 23.5 Å². The molecule has 1 unspecified atom stereocenters. The van der Waals surface area contributed by atoms with Crippen LogP contribution in [0.4, 0.5) is 5.69 Å². The summed E-state index contributed by atoms with van der Waals surface area (Å²) in [6.45, 7) is 9.34. The van der Waals surface area contributed by atoms with E-state index in [1.807, 2.05) is 60.0 Å². The third-order valence-electron chi connectivity index (χ3n) is 9.58. The monoisotopic (exact) mass is 590 g/mol. The second kappa shape index (κ2) is 13.1. The number of nitrogens with zero attached hydrogens (tertiary/aromatic N) is 3. The molecule has 9 nitrogen and oxygen atoms in total. The van der Waals surface area contributed by atoms with Gasteiger partial charge in [0.2, 0.25) is 11.8 Å². The first-order valence-corrected chi connectivity index (χ1v) is 15.7. The minimum Gasteiger partial charge on any atom is -0.493 e. The Morgan fingerprint density at radius 2 is 2.00 bits per heavy atom. The fourth-order valence-corrected chi connectivity index (χ4v) is 7.00. The van der Waals surface area contributed by atoms with Crippen molar-refractivity contribution in [3.63, 3.8) is 0 Å². The highest BCUT2D eigenvalue weighted by molar-refractivity contribution is 5.95. The maximum Gasteiger partial charge on any atom is 0.308 e. The molecule has 0 radical (unpaired) electrons. The van der Waals surface area contributed by atoms with Crippen molar-refractivity contribution in [3.8, 4) is 5.75 Å². The Bertz CT molecular complexity index is 1340. The highest BCUT2D eigenvalue weighted by atomic mass is 16.5. The zero-order valence-electron chi connectivity index (χ0n) is 25.8. The average Bonchev–Trinajstić information content (AvgIpc) is 3.67. The first-order chi connectivity index (χ1) is 20.6. The maximum atomic E-state index is 14.0. The van der Waals surface area contributed by atoms with Crippen LogP contribution in [0.2, 0.25) is 0 Å². The van der Waals surface area contributed by atoms with Crippen LogP contribution in [0, 0.1) is 11.3 Å². The molecule has 3 aliphatic rings. The van der Waals surface area contributed by atoms with E-state index in [0.29, 0.717) is 45.8 Å². The van der Waals surface area contributed by atoms with Crippen LogP contribution in [-0.4, -0.2) is 78.1 Å². The number of amides is 2. The predicted molar refractivity (Wildman–Crippen MR) is 166 cm³/mol. The van der Waals surface area contributed by atoms with Gasteiger partial charge in [0, 0.05) is 62.2 Å². The number of carboxylic acid groups (broad SMARTS) is 1. The Morgan fingerprint density at radius 1 is 1.19 bits per heavy atom. The van der Waals surface area contributed by atoms with Crippen LogP contribution in [-0.2, 0) is 27.3 Å². The van der Waals surface area contributed by atoms with Gasteiger partial charge in [-0.05, 0) is 54.2 Å². The van der Waals surface area contributed by atoms with Crippen LogP contribution >= 0.6 is 0 Å². The van der Waals surface area contributed by atoms with Gasteiger partial charge in [0.15, 0.2) is 0 Å². The Balaban J connectivity index is 1.43. The summed E-state index contributed by atoms with van der Waals surface area (Å²) in [5.41, 5.74) is 9.34. The molecule has 43 heavy (non-hydrogen) atoms. The van der Waals surface area contributed by atoms with E-state index in [-0.39, 0.29) is 24.3 Å². The molecule has 3 atom stereocenters. The molecule has 0 spiro atoms. The Morgan fingerprint density at radius 3 is 2.70 bits per heavy atom. The van der Waals surface area contributed by atoms with Gasteiger partial charge in [0.05, 0.1) is 19.1 Å². The van der Waals surface area contributed by atoms with Crippen molar-refractivity contribution in [3.05, 3.63) is 59.2 Å². The van der Waals surface area contributed by atoms with Gasteiger partial charge in [-0.3, -0.25) is 19.3 Å². The summed E-state index contributed by atoms with van der Waals surface area (Å²) in [5.74, 6) is -0.939. The Hall–Kier alpha value is -3.43. The van der Waals surface area contributed by atoms with Crippen molar-refractivity contribution < 1.29 is 24.2 Å². The van der Waals surface area contributed by atoms with Crippen LogP contribution in [0.25, 0.3) is 0 Å². The number of likely N-dealkylation sites (tertiary alicyclic amines) is 2. The number of hydrogen-bond acceptors (Lipinski definition) is 6. The number of anilines is 1. The number of carbonyl (C=O) groups is 3. The number of rotatable bonds is 12. The molecule has 9 heteroatoms. The van der Waals surface area contributed by atoms with Crippen LogP contribution in [0.1, 0.15) is 69.1 Å². The number of fused-ring (bicyclic) bond motifs is 1. The van der Waals surface area contributed by atoms with E-state index in [0.717, 1.165) is 53.8 Å². The van der Waals surface area contributed by atoms with Crippen molar-refractivity contribution in [1.29, 1.82) is 0 Å². The number of unbranched alkanes of at least 4 members (excludes halogenated alkanes) is 1. The lowest BCUT2D eigenvalue weighted by Crippen LogP contribution is -2.46. The number of ether oxygens (including phenoxy) is 1. The molecule has 2 fully saturated rings. The van der Waals surface area contributed by atoms with Gasteiger partial charge in [-0.1, -0.05) is 51.5 Å². The molecule has 232 valence electrons. The third-order valence-corrected chi connectivity index (χ3v) is 9.58. The summed E-state index contributed by atoms with van der Waals surface area (Å²) < 4.78 is 5.70. The summed E-state index contributed by atoms with van der Waals surface area (Å²) in [5, 5.41) is 10.6. The van der Waals surface area contributed by atoms with Crippen LogP contribution in [0.3, 0.4) is 0 Å². The van der Waals surface area contributed by atoms with Crippen molar-refractivity contribution in [2.45, 2.75) is 71.4 Å². The lowest BCUT2D eigenvalue weighted by molar-refractivity contribution is -0.143. The van der Waals surface area contributed by atoms with Crippen LogP contribution in [0.5, 0.6) is 5.75 Å². The smallest absolute Gasteiger partial charge is 0.308 e. The topological polar surface area (TPSA) is 116 Å². The van der Waals surface area contributed by atoms with Crippen molar-refractivity contribution in [2.75, 3.05) is 44.2 Å². The van der Waals surface area contributed by atoms with Gasteiger partial charge in [-0.2, -0.15) is 0 Å². The number of carbonyl (C=O) groups excluding carboxylic acids is 2. The first-order valence-electron chi connectivity index (χ1n) is 15.7. The lowest BCUT2D eigenvalue weighted by atomic mass is 9.83. The van der Waals surface area contributed by atoms with Crippen molar-refractivity contribution in [1.82, 2.24) is 9.80 Å². The van der Waals surface area contributed by atoms with E-state index in [9.17, 15) is 19.5 Å². The zero-order valence-corrected chi connectivity index (χ0v) is 25.8. The van der Waals surface area contributed by atoms with E-state index < -0.39 is 23.3 Å². The summed E-state index contributed by atoms with van der Waals surface area (Å²) in [4.78, 5) is 45.8. The van der Waals surface area contributed by atoms with Crippen molar-refractivity contribution in [2.24, 2.45) is 17.1 Å². The van der Waals surface area contributed by atoms with Gasteiger partial charge in [0.25, 0.3) is 0 Å². The molecule has 2 saturated heterocycles. The number of carboxylic acids is 1. The predicted octanol–water partition coefficient (Wildman–Crippen LogP) is 4.03. The second-order valence-electron chi connectivity index (χ2n) is 12.9. The highest BCUT2D eigenvalue weighted by Crippen LogP contribution is 2.41. The number of benzene rings is 2. The largest absolute Gasteiger partial charge is 0.493 e. The first kappa shape index (κ1) is 31.0. The molecule has 3 N–H and O–H groups in total. The molecule has 2 amide bonds. The molecule has 0 saturated carbocycles. The van der Waals surface area contributed by atoms with Crippen LogP contribution in [0.15, 0.2) is 42.5 Å². The van der Waals surface area contributed by atoms with Gasteiger partial charge in [0.1, 0.15) is 5.75 Å². The molecule has 0 aromatic heterocycles. The standard InChI is InChI=1S/C34H46N4O5/c1-4-5-14-38(26-8-6-7-23(18-26)20-35)30(39)22-37-21-27(24-9-10-29-25(19-24)12-17-43-29)31(32(40)41)28(37)11-15-36-16-13-34(2,3)33(36)42/h6-10,18-19,27-28,31H,4-5,11-17,20-22,35H2,1-3H3,(H,40,41)/t27-,28+,31?/m1/s1. The number of hydrogen-bond donors (Lipinski definition) is 2. The molecule has 0 aliphatic carbocycles. The van der Waals surface area contributed by atoms with Gasteiger partial charge in [-0.15, -0.1) is 0 Å². The van der Waals surface area contributed by atoms with E-state index in [1.54, 1.807) is 0 Å². The molecule has 3 aliphatic heterocycles. The minimum atomic E-state index is -0.867. The number of aliphatic carboxylic acids is 1. The molecule has 2 aromatic rings. The van der Waals surface area contributed by atoms with Gasteiger partial charge >= 0.3 is 5.97 Å². The fraction of sp³-hybridized carbons (Fsp3) is 0.559.